The first kappa shape index (κ1) is 17.5. The molecule has 2 amide bonds. The third kappa shape index (κ3) is 4.79. The standard InChI is InChI=1S/C18H27N3O2/c1-4-18(2,3)21-17(23)12-6-9-15(10-7-12)20-16(22)13-5-8-14(19)11-13/h6-7,9-10,13-14H,4-5,8,11,19H2,1-3H3,(H,20,22)(H,21,23). The Morgan fingerprint density at radius 2 is 1.87 bits per heavy atom. The van der Waals surface area contributed by atoms with E-state index in [1.807, 2.05) is 20.8 Å². The van der Waals surface area contributed by atoms with Gasteiger partial charge in [-0.3, -0.25) is 9.59 Å². The molecule has 0 aliphatic heterocycles. The quantitative estimate of drug-likeness (QED) is 0.780. The average molecular weight is 317 g/mol. The summed E-state index contributed by atoms with van der Waals surface area (Å²) in [6.45, 7) is 6.02. The second-order valence-corrected chi connectivity index (χ2v) is 7.03. The molecule has 0 radical (unpaired) electrons. The Kier molecular flexibility index (Phi) is 5.42. The third-order valence-corrected chi connectivity index (χ3v) is 4.59. The molecule has 2 unspecified atom stereocenters. The van der Waals surface area contributed by atoms with Crippen LogP contribution >= 0.6 is 0 Å². The second-order valence-electron chi connectivity index (χ2n) is 7.03. The zero-order chi connectivity index (χ0) is 17.0. The van der Waals surface area contributed by atoms with Crippen LogP contribution in [0.5, 0.6) is 0 Å². The largest absolute Gasteiger partial charge is 0.347 e. The molecule has 1 saturated carbocycles. The first-order chi connectivity index (χ1) is 10.8. The van der Waals surface area contributed by atoms with Gasteiger partial charge in [0.25, 0.3) is 5.91 Å². The first-order valence-electron chi connectivity index (χ1n) is 8.30. The highest BCUT2D eigenvalue weighted by molar-refractivity contribution is 5.96. The highest BCUT2D eigenvalue weighted by Gasteiger charge is 2.27. The zero-order valence-electron chi connectivity index (χ0n) is 14.2. The van der Waals surface area contributed by atoms with Gasteiger partial charge in [-0.1, -0.05) is 6.92 Å². The van der Waals surface area contributed by atoms with Crippen molar-refractivity contribution in [2.45, 2.75) is 58.0 Å². The number of benzene rings is 1. The van der Waals surface area contributed by atoms with E-state index in [0.29, 0.717) is 11.3 Å². The van der Waals surface area contributed by atoms with Crippen LogP contribution in [0, 0.1) is 5.92 Å². The van der Waals surface area contributed by atoms with Gasteiger partial charge in [-0.2, -0.15) is 0 Å². The Morgan fingerprint density at radius 3 is 2.39 bits per heavy atom. The van der Waals surface area contributed by atoms with E-state index < -0.39 is 0 Å². The van der Waals surface area contributed by atoms with Crippen molar-refractivity contribution in [1.82, 2.24) is 5.32 Å². The van der Waals surface area contributed by atoms with E-state index in [-0.39, 0.29) is 29.3 Å². The second kappa shape index (κ2) is 7.13. The minimum absolute atomic E-state index is 0.00155. The summed E-state index contributed by atoms with van der Waals surface area (Å²) in [4.78, 5) is 24.3. The van der Waals surface area contributed by atoms with Crippen LogP contribution in [0.2, 0.25) is 0 Å². The molecule has 0 aromatic heterocycles. The lowest BCUT2D eigenvalue weighted by molar-refractivity contribution is -0.119. The summed E-state index contributed by atoms with van der Waals surface area (Å²) in [6, 6.07) is 7.13. The van der Waals surface area contributed by atoms with Gasteiger partial charge in [0, 0.05) is 28.7 Å². The molecule has 2 atom stereocenters. The molecule has 1 aromatic rings. The minimum atomic E-state index is -0.231. The lowest BCUT2D eigenvalue weighted by Crippen LogP contribution is -2.42. The number of hydrogen-bond acceptors (Lipinski definition) is 3. The number of carbonyl (C=O) groups is 2. The topological polar surface area (TPSA) is 84.2 Å². The molecular weight excluding hydrogens is 290 g/mol. The van der Waals surface area contributed by atoms with Crippen molar-refractivity contribution in [2.75, 3.05) is 5.32 Å². The molecular formula is C18H27N3O2. The summed E-state index contributed by atoms with van der Waals surface area (Å²) in [5, 5.41) is 5.90. The van der Waals surface area contributed by atoms with E-state index in [2.05, 4.69) is 10.6 Å². The molecule has 5 nitrogen and oxygen atoms in total. The van der Waals surface area contributed by atoms with Crippen molar-refractivity contribution in [1.29, 1.82) is 0 Å². The molecule has 126 valence electrons. The van der Waals surface area contributed by atoms with Gasteiger partial charge in [-0.25, -0.2) is 0 Å². The molecule has 0 saturated heterocycles. The summed E-state index contributed by atoms with van der Waals surface area (Å²) in [6.07, 6.45) is 3.36. The highest BCUT2D eigenvalue weighted by Crippen LogP contribution is 2.25. The average Bonchev–Trinajstić information content (AvgIpc) is 2.94. The van der Waals surface area contributed by atoms with Crippen LogP contribution in [0.1, 0.15) is 56.8 Å². The van der Waals surface area contributed by atoms with Gasteiger partial charge in [-0.15, -0.1) is 0 Å². The number of anilines is 1. The smallest absolute Gasteiger partial charge is 0.251 e. The monoisotopic (exact) mass is 317 g/mol. The van der Waals surface area contributed by atoms with E-state index in [0.717, 1.165) is 25.7 Å². The Labute approximate surface area is 138 Å². The molecule has 0 spiro atoms. The van der Waals surface area contributed by atoms with Gasteiger partial charge in [0.05, 0.1) is 0 Å². The molecule has 0 bridgehead atoms. The highest BCUT2D eigenvalue weighted by atomic mass is 16.2. The molecule has 1 aromatic carbocycles. The van der Waals surface area contributed by atoms with Gasteiger partial charge in [0.2, 0.25) is 5.91 Å². The van der Waals surface area contributed by atoms with Crippen LogP contribution in [-0.2, 0) is 4.79 Å². The Hall–Kier alpha value is -1.88. The molecule has 23 heavy (non-hydrogen) atoms. The molecule has 1 aliphatic rings. The molecule has 0 heterocycles. The number of amides is 2. The van der Waals surface area contributed by atoms with E-state index in [4.69, 9.17) is 5.73 Å². The first-order valence-corrected chi connectivity index (χ1v) is 8.30. The fourth-order valence-corrected chi connectivity index (χ4v) is 2.67. The third-order valence-electron chi connectivity index (χ3n) is 4.59. The van der Waals surface area contributed by atoms with Gasteiger partial charge in [0.1, 0.15) is 0 Å². The van der Waals surface area contributed by atoms with Crippen LogP contribution in [-0.4, -0.2) is 23.4 Å². The maximum absolute atomic E-state index is 12.2. The van der Waals surface area contributed by atoms with Gasteiger partial charge in [-0.05, 0) is 63.8 Å². The SMILES string of the molecule is CCC(C)(C)NC(=O)c1ccc(NC(=O)C2CCC(N)C2)cc1. The van der Waals surface area contributed by atoms with Crippen molar-refractivity contribution in [3.05, 3.63) is 29.8 Å². The predicted octanol–water partition coefficient (Wildman–Crippen LogP) is 2.67. The minimum Gasteiger partial charge on any atom is -0.347 e. The number of rotatable bonds is 5. The number of nitrogens with one attached hydrogen (secondary N) is 2. The van der Waals surface area contributed by atoms with Crippen molar-refractivity contribution in [3.8, 4) is 0 Å². The predicted molar refractivity (Wildman–Crippen MR) is 92.2 cm³/mol. The number of hydrogen-bond donors (Lipinski definition) is 3. The van der Waals surface area contributed by atoms with Crippen LogP contribution in [0.15, 0.2) is 24.3 Å². The van der Waals surface area contributed by atoms with E-state index >= 15 is 0 Å². The molecule has 1 aliphatic carbocycles. The van der Waals surface area contributed by atoms with Crippen LogP contribution in [0.3, 0.4) is 0 Å². The van der Waals surface area contributed by atoms with Gasteiger partial charge >= 0.3 is 0 Å². The van der Waals surface area contributed by atoms with Crippen molar-refractivity contribution >= 4 is 17.5 Å². The molecule has 5 heteroatoms. The van der Waals surface area contributed by atoms with Crippen molar-refractivity contribution in [2.24, 2.45) is 11.7 Å². The zero-order valence-corrected chi connectivity index (χ0v) is 14.2. The van der Waals surface area contributed by atoms with Gasteiger partial charge in [0.15, 0.2) is 0 Å². The van der Waals surface area contributed by atoms with Crippen molar-refractivity contribution < 1.29 is 9.59 Å². The lowest BCUT2D eigenvalue weighted by Gasteiger charge is -2.24. The maximum atomic E-state index is 12.2. The fraction of sp³-hybridized carbons (Fsp3) is 0.556. The molecule has 4 N–H and O–H groups in total. The number of carbonyl (C=O) groups excluding carboxylic acids is 2. The summed E-state index contributed by atoms with van der Waals surface area (Å²) < 4.78 is 0. The van der Waals surface area contributed by atoms with Crippen LogP contribution < -0.4 is 16.4 Å². The Balaban J connectivity index is 1.94. The number of nitrogens with two attached hydrogens (primary N) is 1. The normalized spacial score (nSPS) is 21.0. The summed E-state index contributed by atoms with van der Waals surface area (Å²) in [5.74, 6) is -0.0860. The van der Waals surface area contributed by atoms with E-state index in [9.17, 15) is 9.59 Å². The van der Waals surface area contributed by atoms with Crippen LogP contribution in [0.25, 0.3) is 0 Å². The molecule has 2 rings (SSSR count). The maximum Gasteiger partial charge on any atom is 0.251 e. The van der Waals surface area contributed by atoms with Crippen LogP contribution in [0.4, 0.5) is 5.69 Å². The fourth-order valence-electron chi connectivity index (χ4n) is 2.67. The van der Waals surface area contributed by atoms with E-state index in [1.54, 1.807) is 24.3 Å². The summed E-state index contributed by atoms with van der Waals surface area (Å²) in [7, 11) is 0. The van der Waals surface area contributed by atoms with E-state index in [1.165, 1.54) is 0 Å². The Morgan fingerprint density at radius 1 is 1.22 bits per heavy atom. The Bertz CT molecular complexity index is 566. The lowest BCUT2D eigenvalue weighted by atomic mass is 10.0. The molecule has 1 fully saturated rings. The summed E-state index contributed by atoms with van der Waals surface area (Å²) in [5.41, 5.74) is 6.92. The van der Waals surface area contributed by atoms with Crippen molar-refractivity contribution in [3.63, 3.8) is 0 Å². The van der Waals surface area contributed by atoms with Gasteiger partial charge < -0.3 is 16.4 Å². The summed E-state index contributed by atoms with van der Waals surface area (Å²) >= 11 is 0.